The van der Waals surface area contributed by atoms with Crippen molar-refractivity contribution < 1.29 is 18.0 Å². The second-order valence-electron chi connectivity index (χ2n) is 4.69. The van der Waals surface area contributed by atoms with Gasteiger partial charge in [-0.1, -0.05) is 6.07 Å². The number of anilines is 1. The van der Waals surface area contributed by atoms with Crippen LogP contribution < -0.4 is 10.6 Å². The van der Waals surface area contributed by atoms with E-state index in [9.17, 15) is 18.0 Å². The first-order chi connectivity index (χ1) is 10.8. The molecule has 0 aliphatic heterocycles. The number of hydrogen-bond acceptors (Lipinski definition) is 4. The van der Waals surface area contributed by atoms with Crippen LogP contribution in [0.25, 0.3) is 0 Å². The van der Waals surface area contributed by atoms with Gasteiger partial charge in [-0.25, -0.2) is 9.78 Å². The molecular formula is C13H14F3N5OS. The van der Waals surface area contributed by atoms with Gasteiger partial charge in [0.05, 0.1) is 6.54 Å². The SMILES string of the molecule is CC(Cn1cncn1)NC(=O)Nc1cccc(SC(F)(F)F)c1. The zero-order chi connectivity index (χ0) is 16.9. The monoisotopic (exact) mass is 345 g/mol. The average Bonchev–Trinajstić information content (AvgIpc) is 2.89. The number of rotatable bonds is 5. The molecule has 23 heavy (non-hydrogen) atoms. The van der Waals surface area contributed by atoms with Crippen molar-refractivity contribution in [2.75, 3.05) is 5.32 Å². The lowest BCUT2D eigenvalue weighted by Gasteiger charge is -2.15. The molecule has 0 aliphatic carbocycles. The fourth-order valence-electron chi connectivity index (χ4n) is 1.82. The minimum Gasteiger partial charge on any atom is -0.334 e. The Kier molecular flexibility index (Phi) is 5.48. The molecule has 2 aromatic rings. The highest BCUT2D eigenvalue weighted by atomic mass is 32.2. The molecule has 0 radical (unpaired) electrons. The maximum atomic E-state index is 12.3. The van der Waals surface area contributed by atoms with Gasteiger partial charge in [-0.15, -0.1) is 0 Å². The van der Waals surface area contributed by atoms with Gasteiger partial charge >= 0.3 is 11.5 Å². The predicted molar refractivity (Wildman–Crippen MR) is 80.0 cm³/mol. The summed E-state index contributed by atoms with van der Waals surface area (Å²) in [6.07, 6.45) is 2.91. The number of nitrogens with zero attached hydrogens (tertiary/aromatic N) is 3. The molecule has 0 aliphatic rings. The third-order valence-corrected chi connectivity index (χ3v) is 3.35. The Bertz CT molecular complexity index is 647. The molecule has 10 heteroatoms. The number of amides is 2. The molecular weight excluding hydrogens is 331 g/mol. The second-order valence-corrected chi connectivity index (χ2v) is 5.83. The number of benzene rings is 1. The number of aromatic nitrogens is 3. The molecule has 2 amide bonds. The lowest BCUT2D eigenvalue weighted by Crippen LogP contribution is -2.38. The summed E-state index contributed by atoms with van der Waals surface area (Å²) in [6.45, 7) is 2.20. The van der Waals surface area contributed by atoms with Gasteiger partial charge in [0.1, 0.15) is 12.7 Å². The predicted octanol–water partition coefficient (Wildman–Crippen LogP) is 3.10. The van der Waals surface area contributed by atoms with Gasteiger partial charge in [-0.2, -0.15) is 18.3 Å². The van der Waals surface area contributed by atoms with Gasteiger partial charge in [-0.05, 0) is 36.9 Å². The van der Waals surface area contributed by atoms with E-state index in [1.807, 2.05) is 0 Å². The average molecular weight is 345 g/mol. The number of carbonyl (C=O) groups is 1. The molecule has 0 bridgehead atoms. The van der Waals surface area contributed by atoms with Crippen LogP contribution in [0.15, 0.2) is 41.8 Å². The van der Waals surface area contributed by atoms with E-state index in [0.29, 0.717) is 6.54 Å². The molecule has 0 saturated heterocycles. The van der Waals surface area contributed by atoms with Gasteiger partial charge in [-0.3, -0.25) is 4.68 Å². The van der Waals surface area contributed by atoms with Crippen molar-refractivity contribution in [3.63, 3.8) is 0 Å². The Morgan fingerprint density at radius 3 is 2.87 bits per heavy atom. The van der Waals surface area contributed by atoms with Crippen molar-refractivity contribution in [3.8, 4) is 0 Å². The summed E-state index contributed by atoms with van der Waals surface area (Å²) in [5, 5.41) is 9.09. The molecule has 6 nitrogen and oxygen atoms in total. The van der Waals surface area contributed by atoms with Crippen LogP contribution >= 0.6 is 11.8 Å². The van der Waals surface area contributed by atoms with E-state index in [1.165, 1.54) is 36.9 Å². The van der Waals surface area contributed by atoms with Gasteiger partial charge in [0.25, 0.3) is 0 Å². The zero-order valence-corrected chi connectivity index (χ0v) is 12.9. The second kappa shape index (κ2) is 7.36. The van der Waals surface area contributed by atoms with E-state index in [1.54, 1.807) is 11.6 Å². The first-order valence-electron chi connectivity index (χ1n) is 6.57. The molecule has 1 unspecified atom stereocenters. The Balaban J connectivity index is 1.88. The quantitative estimate of drug-likeness (QED) is 0.817. The van der Waals surface area contributed by atoms with E-state index in [2.05, 4.69) is 20.7 Å². The topological polar surface area (TPSA) is 71.8 Å². The van der Waals surface area contributed by atoms with Gasteiger partial charge < -0.3 is 10.6 Å². The fourth-order valence-corrected chi connectivity index (χ4v) is 2.41. The number of hydrogen-bond donors (Lipinski definition) is 2. The lowest BCUT2D eigenvalue weighted by atomic mass is 10.3. The largest absolute Gasteiger partial charge is 0.446 e. The highest BCUT2D eigenvalue weighted by Crippen LogP contribution is 2.37. The van der Waals surface area contributed by atoms with Gasteiger partial charge in [0.15, 0.2) is 0 Å². The van der Waals surface area contributed by atoms with Gasteiger partial charge in [0, 0.05) is 16.6 Å². The number of thioether (sulfide) groups is 1. The molecule has 1 heterocycles. The summed E-state index contributed by atoms with van der Waals surface area (Å²) in [5.74, 6) is 0. The van der Waals surface area contributed by atoms with Crippen LogP contribution in [-0.2, 0) is 6.54 Å². The smallest absolute Gasteiger partial charge is 0.334 e. The molecule has 0 fully saturated rings. The summed E-state index contributed by atoms with van der Waals surface area (Å²) in [5.41, 5.74) is -4.09. The number of alkyl halides is 3. The number of urea groups is 1. The summed E-state index contributed by atoms with van der Waals surface area (Å²) in [7, 11) is 0. The molecule has 0 saturated carbocycles. The fraction of sp³-hybridized carbons (Fsp3) is 0.308. The first-order valence-corrected chi connectivity index (χ1v) is 7.39. The third-order valence-electron chi connectivity index (χ3n) is 2.63. The van der Waals surface area contributed by atoms with E-state index >= 15 is 0 Å². The van der Waals surface area contributed by atoms with Crippen LogP contribution in [0.5, 0.6) is 0 Å². The maximum Gasteiger partial charge on any atom is 0.446 e. The Morgan fingerprint density at radius 1 is 1.43 bits per heavy atom. The molecule has 124 valence electrons. The van der Waals surface area contributed by atoms with E-state index in [4.69, 9.17) is 0 Å². The van der Waals surface area contributed by atoms with Crippen LogP contribution in [0.4, 0.5) is 23.7 Å². The number of carbonyl (C=O) groups excluding carboxylic acids is 1. The van der Waals surface area contributed by atoms with Crippen LogP contribution in [0.2, 0.25) is 0 Å². The van der Waals surface area contributed by atoms with E-state index in [-0.39, 0.29) is 28.4 Å². The summed E-state index contributed by atoms with van der Waals surface area (Å²) < 4.78 is 38.6. The number of nitrogens with one attached hydrogen (secondary N) is 2. The van der Waals surface area contributed by atoms with Crippen molar-refractivity contribution in [2.24, 2.45) is 0 Å². The van der Waals surface area contributed by atoms with Crippen LogP contribution in [0, 0.1) is 0 Å². The molecule has 2 rings (SSSR count). The Hall–Kier alpha value is -2.23. The number of halogens is 3. The van der Waals surface area contributed by atoms with E-state index < -0.39 is 11.5 Å². The van der Waals surface area contributed by atoms with Crippen LogP contribution in [-0.4, -0.2) is 32.3 Å². The highest BCUT2D eigenvalue weighted by molar-refractivity contribution is 8.00. The van der Waals surface area contributed by atoms with Crippen LogP contribution in [0.1, 0.15) is 6.92 Å². The van der Waals surface area contributed by atoms with Crippen molar-refractivity contribution in [1.82, 2.24) is 20.1 Å². The Morgan fingerprint density at radius 2 is 2.22 bits per heavy atom. The summed E-state index contributed by atoms with van der Waals surface area (Å²) in [4.78, 5) is 15.6. The zero-order valence-electron chi connectivity index (χ0n) is 12.0. The van der Waals surface area contributed by atoms with Crippen LogP contribution in [0.3, 0.4) is 0 Å². The third kappa shape index (κ3) is 6.19. The standard InChI is InChI=1S/C13H14F3N5OS/c1-9(6-21-8-17-7-18-21)19-12(22)20-10-3-2-4-11(5-10)23-13(14,15)16/h2-5,7-9H,6H2,1H3,(H2,19,20,22). The van der Waals surface area contributed by atoms with Gasteiger partial charge in [0.2, 0.25) is 0 Å². The maximum absolute atomic E-state index is 12.3. The molecule has 1 aromatic carbocycles. The van der Waals surface area contributed by atoms with Crippen molar-refractivity contribution in [1.29, 1.82) is 0 Å². The molecule has 0 spiro atoms. The Labute approximate surface area is 134 Å². The van der Waals surface area contributed by atoms with Crippen molar-refractivity contribution in [3.05, 3.63) is 36.9 Å². The van der Waals surface area contributed by atoms with Crippen molar-refractivity contribution in [2.45, 2.75) is 29.9 Å². The van der Waals surface area contributed by atoms with E-state index in [0.717, 1.165) is 0 Å². The summed E-state index contributed by atoms with van der Waals surface area (Å²) in [6, 6.07) is 4.81. The minimum absolute atomic E-state index is 0.00552. The normalized spacial score (nSPS) is 12.7. The molecule has 2 N–H and O–H groups in total. The lowest BCUT2D eigenvalue weighted by molar-refractivity contribution is -0.0328. The first kappa shape index (κ1) is 17.1. The molecule has 1 aromatic heterocycles. The minimum atomic E-state index is -4.37. The van der Waals surface area contributed by atoms with Crippen molar-refractivity contribution >= 4 is 23.5 Å². The molecule has 1 atom stereocenters. The highest BCUT2D eigenvalue weighted by Gasteiger charge is 2.29. The summed E-state index contributed by atoms with van der Waals surface area (Å²) >= 11 is -0.232.